The first kappa shape index (κ1) is 34.5. The molecule has 2 aromatic carbocycles. The molecule has 3 fully saturated rings. The van der Waals surface area contributed by atoms with Gasteiger partial charge in [0.25, 0.3) is 0 Å². The zero-order valence-corrected chi connectivity index (χ0v) is 28.9. The predicted molar refractivity (Wildman–Crippen MR) is 185 cm³/mol. The van der Waals surface area contributed by atoms with Crippen LogP contribution in [-0.4, -0.2) is 95.5 Å². The maximum absolute atomic E-state index is 15.1. The Bertz CT molecular complexity index is 1730. The lowest BCUT2D eigenvalue weighted by Crippen LogP contribution is -2.60. The summed E-state index contributed by atoms with van der Waals surface area (Å²) in [4.78, 5) is 49.8. The number of ether oxygens (including phenoxy) is 1. The molecular formula is C38H48N6O5. The molecule has 260 valence electrons. The van der Waals surface area contributed by atoms with Crippen molar-refractivity contribution in [1.82, 2.24) is 29.7 Å². The van der Waals surface area contributed by atoms with Gasteiger partial charge in [-0.05, 0) is 42.9 Å². The quantitative estimate of drug-likeness (QED) is 0.258. The van der Waals surface area contributed by atoms with Crippen molar-refractivity contribution in [3.05, 3.63) is 85.5 Å². The van der Waals surface area contributed by atoms with Crippen LogP contribution in [0.25, 0.3) is 11.0 Å². The van der Waals surface area contributed by atoms with Crippen LogP contribution in [-0.2, 0) is 32.3 Å². The molecule has 6 rings (SSSR count). The van der Waals surface area contributed by atoms with Crippen LogP contribution in [0.5, 0.6) is 0 Å². The highest BCUT2D eigenvalue weighted by Gasteiger charge is 2.80. The van der Waals surface area contributed by atoms with E-state index in [9.17, 15) is 9.90 Å². The van der Waals surface area contributed by atoms with E-state index in [-0.39, 0.29) is 49.4 Å². The second-order valence-electron chi connectivity index (χ2n) is 14.1. The number of para-hydroxylation sites is 1. The smallest absolute Gasteiger partial charge is 0.250 e. The monoisotopic (exact) mass is 668 g/mol. The summed E-state index contributed by atoms with van der Waals surface area (Å²) in [6.45, 7) is 16.3. The number of amides is 3. The van der Waals surface area contributed by atoms with Crippen LogP contribution < -0.4 is 0 Å². The van der Waals surface area contributed by atoms with Gasteiger partial charge in [0, 0.05) is 19.6 Å². The molecule has 3 saturated heterocycles. The SMILES string of the molecule is C=CCN(Cn1nnc2ccccc21)C(=O)C1N([C@@H](CO)[C@@H](C)CC)C(=O)[C@@H]2[C@@H](C(=O)N(CC=C)Cc3ccccc3)[C@]3(C)OC12CC3C. The second kappa shape index (κ2) is 13.5. The summed E-state index contributed by atoms with van der Waals surface area (Å²) in [5.74, 6) is -2.87. The maximum Gasteiger partial charge on any atom is 0.250 e. The molecule has 1 N–H and O–H groups in total. The van der Waals surface area contributed by atoms with Gasteiger partial charge in [0.15, 0.2) is 0 Å². The Kier molecular flexibility index (Phi) is 9.52. The van der Waals surface area contributed by atoms with E-state index in [1.807, 2.05) is 82.3 Å². The van der Waals surface area contributed by atoms with Crippen molar-refractivity contribution in [2.45, 2.75) is 77.0 Å². The Balaban J connectivity index is 1.44. The van der Waals surface area contributed by atoms with E-state index in [1.54, 1.807) is 31.5 Å². The van der Waals surface area contributed by atoms with Crippen molar-refractivity contribution >= 4 is 28.8 Å². The second-order valence-corrected chi connectivity index (χ2v) is 14.1. The largest absolute Gasteiger partial charge is 0.394 e. The Hall–Kier alpha value is -4.35. The fourth-order valence-electron chi connectivity index (χ4n) is 8.62. The molecule has 0 radical (unpaired) electrons. The Morgan fingerprint density at radius 1 is 1.08 bits per heavy atom. The van der Waals surface area contributed by atoms with E-state index in [0.29, 0.717) is 31.4 Å². The van der Waals surface area contributed by atoms with E-state index in [0.717, 1.165) is 11.1 Å². The molecule has 11 heteroatoms. The molecule has 3 amide bonds. The third-order valence-corrected chi connectivity index (χ3v) is 11.4. The minimum absolute atomic E-state index is 0.0666. The molecule has 0 aliphatic carbocycles. The van der Waals surface area contributed by atoms with Crippen LogP contribution in [0, 0.1) is 23.7 Å². The van der Waals surface area contributed by atoms with Gasteiger partial charge in [0.05, 0.1) is 35.6 Å². The highest BCUT2D eigenvalue weighted by Crippen LogP contribution is 2.66. The summed E-state index contributed by atoms with van der Waals surface area (Å²) in [5.41, 5.74) is 0.148. The standard InChI is InChI=1S/C38H48N6O5/c1-7-19-41(22-27-15-11-10-12-16-27)34(46)31-32-35(47)44(30(23-45)25(4)9-3)33(38(32)21-26(5)37(31,6)49-38)36(48)42(20-8-2)24-43-29-18-14-13-17-28(29)39-40-43/h7-8,10-18,25-26,30-33,45H,1-2,9,19-24H2,3-6H3/t25-,26?,30-,31-,32-,33?,37+,38?/m0/s1. The van der Waals surface area contributed by atoms with Crippen molar-refractivity contribution < 1.29 is 24.2 Å². The zero-order valence-electron chi connectivity index (χ0n) is 28.9. The van der Waals surface area contributed by atoms with E-state index >= 15 is 9.59 Å². The minimum Gasteiger partial charge on any atom is -0.394 e. The minimum atomic E-state index is -1.28. The van der Waals surface area contributed by atoms with Gasteiger partial charge in [-0.25, -0.2) is 4.68 Å². The topological polar surface area (TPSA) is 121 Å². The first-order valence-corrected chi connectivity index (χ1v) is 17.3. The Morgan fingerprint density at radius 3 is 2.43 bits per heavy atom. The van der Waals surface area contributed by atoms with Gasteiger partial charge in [0.1, 0.15) is 23.8 Å². The highest BCUT2D eigenvalue weighted by molar-refractivity contribution is 5.99. The lowest BCUT2D eigenvalue weighted by Gasteiger charge is -2.41. The number of likely N-dealkylation sites (tertiary alicyclic amines) is 1. The summed E-state index contributed by atoms with van der Waals surface area (Å²) in [6, 6.07) is 15.5. The lowest BCUT2D eigenvalue weighted by molar-refractivity contribution is -0.159. The number of aliphatic hydroxyl groups excluding tert-OH is 1. The number of aliphatic hydroxyl groups is 1. The third kappa shape index (κ3) is 5.56. The molecule has 49 heavy (non-hydrogen) atoms. The number of aromatic nitrogens is 3. The molecule has 1 aromatic heterocycles. The molecule has 2 bridgehead atoms. The first-order chi connectivity index (χ1) is 23.6. The van der Waals surface area contributed by atoms with E-state index in [2.05, 4.69) is 23.5 Å². The van der Waals surface area contributed by atoms with Gasteiger partial charge < -0.3 is 24.5 Å². The van der Waals surface area contributed by atoms with Crippen LogP contribution >= 0.6 is 0 Å². The zero-order chi connectivity index (χ0) is 35.1. The average Bonchev–Trinajstić information content (AvgIpc) is 3.78. The van der Waals surface area contributed by atoms with Crippen LogP contribution in [0.15, 0.2) is 79.9 Å². The molecule has 0 saturated carbocycles. The summed E-state index contributed by atoms with van der Waals surface area (Å²) in [6.07, 6.45) is 4.43. The number of benzene rings is 2. The summed E-state index contributed by atoms with van der Waals surface area (Å²) in [7, 11) is 0. The fourth-order valence-corrected chi connectivity index (χ4v) is 8.62. The third-order valence-electron chi connectivity index (χ3n) is 11.4. The molecule has 1 spiro atoms. The van der Waals surface area contributed by atoms with Crippen LogP contribution in [0.4, 0.5) is 0 Å². The van der Waals surface area contributed by atoms with Gasteiger partial charge >= 0.3 is 0 Å². The summed E-state index contributed by atoms with van der Waals surface area (Å²) >= 11 is 0. The number of hydrogen-bond acceptors (Lipinski definition) is 7. The molecule has 3 aliphatic heterocycles. The first-order valence-electron chi connectivity index (χ1n) is 17.3. The molecular weight excluding hydrogens is 620 g/mol. The number of carbonyl (C=O) groups excluding carboxylic acids is 3. The average molecular weight is 669 g/mol. The molecule has 8 atom stereocenters. The summed E-state index contributed by atoms with van der Waals surface area (Å²) in [5, 5.41) is 19.4. The van der Waals surface area contributed by atoms with E-state index in [4.69, 9.17) is 4.74 Å². The van der Waals surface area contributed by atoms with Gasteiger partial charge in [-0.1, -0.05) is 87.0 Å². The normalized spacial score (nSPS) is 28.3. The van der Waals surface area contributed by atoms with Crippen molar-refractivity contribution in [3.8, 4) is 0 Å². The van der Waals surface area contributed by atoms with Gasteiger partial charge in [0.2, 0.25) is 17.7 Å². The number of rotatable bonds is 14. The van der Waals surface area contributed by atoms with Crippen molar-refractivity contribution in [3.63, 3.8) is 0 Å². The highest BCUT2D eigenvalue weighted by atomic mass is 16.5. The van der Waals surface area contributed by atoms with Crippen LogP contribution in [0.2, 0.25) is 0 Å². The van der Waals surface area contributed by atoms with Crippen molar-refractivity contribution in [2.75, 3.05) is 19.7 Å². The van der Waals surface area contributed by atoms with Crippen LogP contribution in [0.3, 0.4) is 0 Å². The van der Waals surface area contributed by atoms with Crippen molar-refractivity contribution in [1.29, 1.82) is 0 Å². The van der Waals surface area contributed by atoms with Gasteiger partial charge in [-0.2, -0.15) is 0 Å². The molecule has 11 nitrogen and oxygen atoms in total. The van der Waals surface area contributed by atoms with Gasteiger partial charge in [-0.15, -0.1) is 18.3 Å². The number of nitrogens with zero attached hydrogens (tertiary/aromatic N) is 6. The number of fused-ring (bicyclic) bond motifs is 2. The van der Waals surface area contributed by atoms with Gasteiger partial charge in [-0.3, -0.25) is 14.4 Å². The van der Waals surface area contributed by atoms with E-state index in [1.165, 1.54) is 0 Å². The maximum atomic E-state index is 15.1. The predicted octanol–water partition coefficient (Wildman–Crippen LogP) is 4.04. The fraction of sp³-hybridized carbons (Fsp3) is 0.500. The van der Waals surface area contributed by atoms with Crippen molar-refractivity contribution in [2.24, 2.45) is 23.7 Å². The molecule has 3 unspecified atom stereocenters. The summed E-state index contributed by atoms with van der Waals surface area (Å²) < 4.78 is 8.70. The van der Waals surface area contributed by atoms with E-state index < -0.39 is 35.1 Å². The lowest BCUT2D eigenvalue weighted by atomic mass is 9.62. The number of hydrogen-bond donors (Lipinski definition) is 1. The molecule has 3 aromatic rings. The molecule has 3 aliphatic rings. The van der Waals surface area contributed by atoms with Crippen LogP contribution in [0.1, 0.15) is 46.1 Å². The molecule has 4 heterocycles. The number of carbonyl (C=O) groups is 3. The Labute approximate surface area is 288 Å². The Morgan fingerprint density at radius 2 is 1.76 bits per heavy atom.